The van der Waals surface area contributed by atoms with Crippen molar-refractivity contribution < 1.29 is 19.0 Å². The van der Waals surface area contributed by atoms with Gasteiger partial charge in [0.1, 0.15) is 5.60 Å². The zero-order valence-corrected chi connectivity index (χ0v) is 14.4. The van der Waals surface area contributed by atoms with Gasteiger partial charge >= 0.3 is 6.09 Å². The second-order valence-corrected chi connectivity index (χ2v) is 7.58. The fraction of sp³-hybridized carbons (Fsp3) is 0.647. The molecule has 0 bridgehead atoms. The van der Waals surface area contributed by atoms with Crippen LogP contribution in [0.3, 0.4) is 0 Å². The van der Waals surface area contributed by atoms with Gasteiger partial charge in [-0.25, -0.2) is 4.79 Å². The fourth-order valence-electron chi connectivity index (χ4n) is 2.24. The zero-order chi connectivity index (χ0) is 17.3. The number of carbonyl (C=O) groups is 1. The second-order valence-electron chi connectivity index (χ2n) is 7.58. The van der Waals surface area contributed by atoms with Crippen LogP contribution in [0.4, 0.5) is 4.79 Å². The number of nitriles is 1. The largest absolute Gasteiger partial charge is 0.443 e. The van der Waals surface area contributed by atoms with Crippen LogP contribution >= 0.6 is 0 Å². The highest BCUT2D eigenvalue weighted by atomic mass is 16.7. The van der Waals surface area contributed by atoms with Crippen molar-refractivity contribution in [1.29, 1.82) is 5.26 Å². The number of rotatable bonds is 2. The Labute approximate surface area is 136 Å². The Bertz CT molecular complexity index is 610. The molecule has 0 spiro atoms. The first kappa shape index (κ1) is 17.5. The van der Waals surface area contributed by atoms with Crippen molar-refractivity contribution in [1.82, 2.24) is 4.57 Å². The topological polar surface area (TPSA) is 73.5 Å². The summed E-state index contributed by atoms with van der Waals surface area (Å²) in [5.41, 5.74) is 0.616. The van der Waals surface area contributed by atoms with Gasteiger partial charge in [0.25, 0.3) is 0 Å². The molecule has 1 aromatic heterocycles. The van der Waals surface area contributed by atoms with E-state index < -0.39 is 18.0 Å². The van der Waals surface area contributed by atoms with Crippen LogP contribution < -0.4 is 0 Å². The molecule has 2 rings (SSSR count). The van der Waals surface area contributed by atoms with Crippen LogP contribution in [0.1, 0.15) is 52.2 Å². The molecule has 2 heterocycles. The molecule has 1 aliphatic rings. The minimum absolute atomic E-state index is 0.0602. The summed E-state index contributed by atoms with van der Waals surface area (Å²) in [6, 6.07) is 3.84. The van der Waals surface area contributed by atoms with Crippen molar-refractivity contribution in [2.75, 3.05) is 13.2 Å². The molecule has 6 heteroatoms. The SMILES string of the molecule is CC1(C)COC(c2cc(CC#N)cn2C(=O)OC(C)(C)C)OC1. The van der Waals surface area contributed by atoms with Gasteiger partial charge in [-0.2, -0.15) is 5.26 Å². The first-order valence-corrected chi connectivity index (χ1v) is 7.66. The first-order chi connectivity index (χ1) is 10.6. The van der Waals surface area contributed by atoms with Gasteiger partial charge < -0.3 is 14.2 Å². The van der Waals surface area contributed by atoms with E-state index in [0.29, 0.717) is 18.9 Å². The Hall–Kier alpha value is -1.84. The van der Waals surface area contributed by atoms with Gasteiger partial charge in [0, 0.05) is 11.6 Å². The minimum atomic E-state index is -0.636. The molecular weight excluding hydrogens is 296 g/mol. The third-order valence-corrected chi connectivity index (χ3v) is 3.27. The van der Waals surface area contributed by atoms with E-state index in [2.05, 4.69) is 19.9 Å². The number of aromatic nitrogens is 1. The van der Waals surface area contributed by atoms with Crippen LogP contribution in [0.15, 0.2) is 12.3 Å². The predicted molar refractivity (Wildman–Crippen MR) is 83.8 cm³/mol. The molecule has 0 N–H and O–H groups in total. The lowest BCUT2D eigenvalue weighted by atomic mass is 9.95. The van der Waals surface area contributed by atoms with E-state index >= 15 is 0 Å². The lowest BCUT2D eigenvalue weighted by molar-refractivity contribution is -0.228. The lowest BCUT2D eigenvalue weighted by Gasteiger charge is -2.34. The molecule has 0 unspecified atom stereocenters. The van der Waals surface area contributed by atoms with Crippen molar-refractivity contribution in [3.05, 3.63) is 23.5 Å². The Kier molecular flexibility index (Phi) is 4.83. The summed E-state index contributed by atoms with van der Waals surface area (Å²) in [6.45, 7) is 10.6. The maximum Gasteiger partial charge on any atom is 0.418 e. The molecule has 1 saturated heterocycles. The van der Waals surface area contributed by atoms with Crippen LogP contribution in [0.5, 0.6) is 0 Å². The molecule has 0 radical (unpaired) electrons. The number of hydrogen-bond donors (Lipinski definition) is 0. The summed E-state index contributed by atoms with van der Waals surface area (Å²) in [4.78, 5) is 12.4. The third kappa shape index (κ3) is 4.57. The molecule has 0 saturated carbocycles. The summed E-state index contributed by atoms with van der Waals surface area (Å²) >= 11 is 0. The highest BCUT2D eigenvalue weighted by molar-refractivity contribution is 5.72. The Balaban J connectivity index is 2.27. The van der Waals surface area contributed by atoms with E-state index in [9.17, 15) is 4.79 Å². The molecule has 1 fully saturated rings. The van der Waals surface area contributed by atoms with Gasteiger partial charge in [-0.3, -0.25) is 4.57 Å². The minimum Gasteiger partial charge on any atom is -0.443 e. The van der Waals surface area contributed by atoms with Crippen molar-refractivity contribution in [2.24, 2.45) is 5.41 Å². The lowest BCUT2D eigenvalue weighted by Crippen LogP contribution is -2.35. The van der Waals surface area contributed by atoms with E-state index in [1.807, 2.05) is 0 Å². The van der Waals surface area contributed by atoms with E-state index in [4.69, 9.17) is 19.5 Å². The van der Waals surface area contributed by atoms with Gasteiger partial charge in [0.15, 0.2) is 6.29 Å². The summed E-state index contributed by atoms with van der Waals surface area (Å²) < 4.78 is 18.3. The summed E-state index contributed by atoms with van der Waals surface area (Å²) in [7, 11) is 0. The van der Waals surface area contributed by atoms with Crippen LogP contribution in [-0.2, 0) is 20.6 Å². The third-order valence-electron chi connectivity index (χ3n) is 3.27. The molecule has 0 amide bonds. The van der Waals surface area contributed by atoms with E-state index in [1.54, 1.807) is 33.0 Å². The average molecular weight is 320 g/mol. The highest BCUT2D eigenvalue weighted by Gasteiger charge is 2.32. The average Bonchev–Trinajstić information content (AvgIpc) is 2.81. The van der Waals surface area contributed by atoms with Gasteiger partial charge in [0.05, 0.1) is 31.4 Å². The molecule has 1 aliphatic heterocycles. The molecule has 23 heavy (non-hydrogen) atoms. The van der Waals surface area contributed by atoms with Gasteiger partial charge in [-0.1, -0.05) is 13.8 Å². The van der Waals surface area contributed by atoms with Crippen LogP contribution in [0, 0.1) is 16.7 Å². The van der Waals surface area contributed by atoms with Crippen LogP contribution in [0.25, 0.3) is 0 Å². The predicted octanol–water partition coefficient (Wildman–Crippen LogP) is 3.41. The smallest absolute Gasteiger partial charge is 0.418 e. The number of carbonyl (C=O) groups excluding carboxylic acids is 1. The molecule has 6 nitrogen and oxygen atoms in total. The monoisotopic (exact) mass is 320 g/mol. The molecule has 0 aromatic carbocycles. The Morgan fingerprint density at radius 1 is 1.43 bits per heavy atom. The van der Waals surface area contributed by atoms with Crippen molar-refractivity contribution >= 4 is 6.09 Å². The number of ether oxygens (including phenoxy) is 3. The maximum absolute atomic E-state index is 12.4. The van der Waals surface area contributed by atoms with Crippen LogP contribution in [-0.4, -0.2) is 29.5 Å². The van der Waals surface area contributed by atoms with Crippen LogP contribution in [0.2, 0.25) is 0 Å². The summed E-state index contributed by atoms with van der Waals surface area (Å²) in [6.07, 6.45) is 0.678. The van der Waals surface area contributed by atoms with E-state index in [1.165, 1.54) is 4.57 Å². The Morgan fingerprint density at radius 2 is 2.04 bits per heavy atom. The van der Waals surface area contributed by atoms with Crippen molar-refractivity contribution in [3.63, 3.8) is 0 Å². The van der Waals surface area contributed by atoms with Gasteiger partial charge in [0.2, 0.25) is 0 Å². The van der Waals surface area contributed by atoms with Crippen molar-refractivity contribution in [2.45, 2.75) is 52.9 Å². The molecule has 126 valence electrons. The summed E-state index contributed by atoms with van der Waals surface area (Å²) in [5, 5.41) is 8.89. The second kappa shape index (κ2) is 6.34. The summed E-state index contributed by atoms with van der Waals surface area (Å²) in [5.74, 6) is 0. The molecule has 1 aromatic rings. The zero-order valence-electron chi connectivity index (χ0n) is 14.4. The maximum atomic E-state index is 12.4. The van der Waals surface area contributed by atoms with E-state index in [0.717, 1.165) is 5.56 Å². The molecule has 0 aliphatic carbocycles. The fourth-order valence-corrected chi connectivity index (χ4v) is 2.24. The first-order valence-electron chi connectivity index (χ1n) is 7.66. The quantitative estimate of drug-likeness (QED) is 0.835. The van der Waals surface area contributed by atoms with Crippen molar-refractivity contribution in [3.8, 4) is 6.07 Å². The standard InChI is InChI=1S/C17H24N2O4/c1-16(2,3)23-15(20)19-9-12(6-7-18)8-13(19)14-21-10-17(4,5)11-22-14/h8-9,14H,6,10-11H2,1-5H3. The van der Waals surface area contributed by atoms with Gasteiger partial charge in [-0.05, 0) is 32.4 Å². The number of nitrogens with zero attached hydrogens (tertiary/aromatic N) is 2. The van der Waals surface area contributed by atoms with Gasteiger partial charge in [-0.15, -0.1) is 0 Å². The molecular formula is C17H24N2O4. The molecule has 0 atom stereocenters. The number of hydrogen-bond acceptors (Lipinski definition) is 5. The van der Waals surface area contributed by atoms with E-state index in [-0.39, 0.29) is 11.8 Å². The highest BCUT2D eigenvalue weighted by Crippen LogP contribution is 2.32. The normalized spacial score (nSPS) is 18.4. The Morgan fingerprint density at radius 3 is 2.57 bits per heavy atom.